The second-order valence-electron chi connectivity index (χ2n) is 6.86. The standard InChI is InChI=1S/C19H24N2O5S/c1-14-4-7-18(15(2)12-14)27(23,24)21-10-8-20(9-11-21)13-16-5-6-17(26-16)19(22)25-3/h4-7,12H,8-11,13H2,1-3H3/p+1. The normalized spacial score (nSPS) is 16.4. The Kier molecular flexibility index (Phi) is 5.69. The van der Waals surface area contributed by atoms with E-state index in [9.17, 15) is 13.2 Å². The quantitative estimate of drug-likeness (QED) is 0.759. The molecular weight excluding hydrogens is 368 g/mol. The Hall–Kier alpha value is -2.16. The van der Waals surface area contributed by atoms with Crippen LogP contribution in [-0.2, 0) is 21.3 Å². The van der Waals surface area contributed by atoms with E-state index in [4.69, 9.17) is 4.42 Å². The highest BCUT2D eigenvalue weighted by molar-refractivity contribution is 7.89. The van der Waals surface area contributed by atoms with E-state index in [-0.39, 0.29) is 5.76 Å². The fraction of sp³-hybridized carbons (Fsp3) is 0.421. The molecule has 1 aliphatic rings. The van der Waals surface area contributed by atoms with Gasteiger partial charge in [0.15, 0.2) is 5.76 Å². The molecule has 3 rings (SSSR count). The van der Waals surface area contributed by atoms with Gasteiger partial charge in [0, 0.05) is 0 Å². The van der Waals surface area contributed by atoms with Crippen molar-refractivity contribution in [2.75, 3.05) is 33.3 Å². The fourth-order valence-corrected chi connectivity index (χ4v) is 5.02. The first-order valence-corrected chi connectivity index (χ1v) is 10.3. The Balaban J connectivity index is 1.63. The number of rotatable bonds is 5. The van der Waals surface area contributed by atoms with E-state index in [1.54, 1.807) is 22.5 Å². The summed E-state index contributed by atoms with van der Waals surface area (Å²) in [5.74, 6) is 0.375. The number of nitrogens with one attached hydrogen (secondary N) is 1. The molecule has 2 heterocycles. The van der Waals surface area contributed by atoms with Crippen molar-refractivity contribution >= 4 is 16.0 Å². The number of aryl methyl sites for hydroxylation is 2. The van der Waals surface area contributed by atoms with E-state index >= 15 is 0 Å². The fourth-order valence-electron chi connectivity index (χ4n) is 3.38. The minimum Gasteiger partial charge on any atom is -0.463 e. The zero-order valence-corrected chi connectivity index (χ0v) is 16.6. The third-order valence-electron chi connectivity index (χ3n) is 4.85. The topological polar surface area (TPSA) is 81.3 Å². The lowest BCUT2D eigenvalue weighted by Crippen LogP contribution is -3.13. The molecule has 0 atom stereocenters. The molecule has 0 unspecified atom stereocenters. The molecule has 2 aromatic rings. The number of hydrogen-bond acceptors (Lipinski definition) is 5. The molecule has 27 heavy (non-hydrogen) atoms. The predicted molar refractivity (Wildman–Crippen MR) is 99.1 cm³/mol. The number of nitrogens with zero attached hydrogens (tertiary/aromatic N) is 1. The molecule has 7 nitrogen and oxygen atoms in total. The van der Waals surface area contributed by atoms with E-state index in [0.29, 0.717) is 43.4 Å². The van der Waals surface area contributed by atoms with Crippen molar-refractivity contribution in [1.82, 2.24) is 4.31 Å². The summed E-state index contributed by atoms with van der Waals surface area (Å²) in [4.78, 5) is 13.1. The van der Waals surface area contributed by atoms with Crippen molar-refractivity contribution in [3.8, 4) is 0 Å². The highest BCUT2D eigenvalue weighted by atomic mass is 32.2. The Morgan fingerprint density at radius 2 is 1.89 bits per heavy atom. The third-order valence-corrected chi connectivity index (χ3v) is 6.91. The van der Waals surface area contributed by atoms with Crippen LogP contribution in [0.2, 0.25) is 0 Å². The monoisotopic (exact) mass is 393 g/mol. The Labute approximate surface area is 159 Å². The van der Waals surface area contributed by atoms with Crippen molar-refractivity contribution in [3.05, 3.63) is 53.0 Å². The molecule has 0 saturated carbocycles. The maximum atomic E-state index is 12.9. The number of furan rings is 1. The molecule has 0 bridgehead atoms. The summed E-state index contributed by atoms with van der Waals surface area (Å²) in [5, 5.41) is 0. The first-order chi connectivity index (χ1) is 12.8. The number of ether oxygens (including phenoxy) is 1. The predicted octanol–water partition coefficient (Wildman–Crippen LogP) is 0.772. The van der Waals surface area contributed by atoms with Crippen molar-refractivity contribution in [2.24, 2.45) is 0 Å². The summed E-state index contributed by atoms with van der Waals surface area (Å²) in [6.45, 7) is 6.65. The van der Waals surface area contributed by atoms with E-state index in [0.717, 1.165) is 11.1 Å². The van der Waals surface area contributed by atoms with Gasteiger partial charge in [0.2, 0.25) is 15.8 Å². The third kappa shape index (κ3) is 4.23. The Morgan fingerprint density at radius 3 is 2.52 bits per heavy atom. The molecule has 1 aromatic carbocycles. The Morgan fingerprint density at radius 1 is 1.19 bits per heavy atom. The summed E-state index contributed by atoms with van der Waals surface area (Å²) in [6, 6.07) is 8.78. The second kappa shape index (κ2) is 7.84. The van der Waals surface area contributed by atoms with Crippen LogP contribution in [0.4, 0.5) is 0 Å². The van der Waals surface area contributed by atoms with Crippen LogP contribution < -0.4 is 4.90 Å². The number of sulfonamides is 1. The van der Waals surface area contributed by atoms with Gasteiger partial charge in [0.05, 0.1) is 38.2 Å². The summed E-state index contributed by atoms with van der Waals surface area (Å²) in [7, 11) is -2.17. The van der Waals surface area contributed by atoms with Crippen molar-refractivity contribution in [2.45, 2.75) is 25.3 Å². The largest absolute Gasteiger partial charge is 0.463 e. The number of piperazine rings is 1. The van der Waals surface area contributed by atoms with E-state index < -0.39 is 16.0 Å². The number of methoxy groups -OCH3 is 1. The molecule has 146 valence electrons. The lowest BCUT2D eigenvalue weighted by molar-refractivity contribution is -0.918. The number of carbonyl (C=O) groups excluding carboxylic acids is 1. The van der Waals surface area contributed by atoms with Gasteiger partial charge in [-0.2, -0.15) is 4.31 Å². The molecule has 1 aromatic heterocycles. The van der Waals surface area contributed by atoms with Crippen LogP contribution in [0.25, 0.3) is 0 Å². The SMILES string of the molecule is COC(=O)c1ccc(C[NH+]2CCN(S(=O)(=O)c3ccc(C)cc3C)CC2)o1. The molecule has 0 radical (unpaired) electrons. The first kappa shape index (κ1) is 19.6. The molecule has 1 saturated heterocycles. The molecule has 8 heteroatoms. The highest BCUT2D eigenvalue weighted by Gasteiger charge is 2.31. The summed E-state index contributed by atoms with van der Waals surface area (Å²) in [5.41, 5.74) is 1.82. The van der Waals surface area contributed by atoms with Gasteiger partial charge in [0.1, 0.15) is 6.54 Å². The molecule has 1 N–H and O–H groups in total. The molecular formula is C19H25N2O5S+. The van der Waals surface area contributed by atoms with Crippen LogP contribution in [-0.4, -0.2) is 52.0 Å². The van der Waals surface area contributed by atoms with Crippen LogP contribution in [0.1, 0.15) is 27.4 Å². The summed E-state index contributed by atoms with van der Waals surface area (Å²) in [6.07, 6.45) is 0. The van der Waals surface area contributed by atoms with Gasteiger partial charge >= 0.3 is 5.97 Å². The zero-order valence-electron chi connectivity index (χ0n) is 15.8. The minimum absolute atomic E-state index is 0.183. The first-order valence-electron chi connectivity index (χ1n) is 8.89. The number of carbonyl (C=O) groups is 1. The summed E-state index contributed by atoms with van der Waals surface area (Å²) >= 11 is 0. The van der Waals surface area contributed by atoms with Crippen molar-refractivity contribution in [3.63, 3.8) is 0 Å². The maximum Gasteiger partial charge on any atom is 0.373 e. The maximum absolute atomic E-state index is 12.9. The van der Waals surface area contributed by atoms with E-state index in [1.807, 2.05) is 26.0 Å². The van der Waals surface area contributed by atoms with Crippen LogP contribution in [0, 0.1) is 13.8 Å². The Bertz CT molecular complexity index is 927. The van der Waals surface area contributed by atoms with Crippen LogP contribution in [0.3, 0.4) is 0 Å². The van der Waals surface area contributed by atoms with Crippen LogP contribution in [0.15, 0.2) is 39.6 Å². The van der Waals surface area contributed by atoms with Gasteiger partial charge in [-0.1, -0.05) is 17.7 Å². The molecule has 1 fully saturated rings. The smallest absolute Gasteiger partial charge is 0.373 e. The second-order valence-corrected chi connectivity index (χ2v) is 8.76. The van der Waals surface area contributed by atoms with Gasteiger partial charge in [-0.15, -0.1) is 0 Å². The van der Waals surface area contributed by atoms with Crippen molar-refractivity contribution < 1.29 is 27.3 Å². The minimum atomic E-state index is -3.48. The van der Waals surface area contributed by atoms with Gasteiger partial charge in [-0.25, -0.2) is 13.2 Å². The van der Waals surface area contributed by atoms with Crippen LogP contribution in [0.5, 0.6) is 0 Å². The number of hydrogen-bond donors (Lipinski definition) is 1. The van der Waals surface area contributed by atoms with Gasteiger partial charge in [-0.3, -0.25) is 0 Å². The van der Waals surface area contributed by atoms with Gasteiger partial charge < -0.3 is 14.1 Å². The van der Waals surface area contributed by atoms with Gasteiger partial charge in [0.25, 0.3) is 0 Å². The molecule has 1 aliphatic heterocycles. The highest BCUT2D eigenvalue weighted by Crippen LogP contribution is 2.21. The number of esters is 1. The van der Waals surface area contributed by atoms with Gasteiger partial charge in [-0.05, 0) is 37.6 Å². The average molecular weight is 393 g/mol. The lowest BCUT2D eigenvalue weighted by atomic mass is 10.2. The van der Waals surface area contributed by atoms with Crippen molar-refractivity contribution in [1.29, 1.82) is 0 Å². The lowest BCUT2D eigenvalue weighted by Gasteiger charge is -2.31. The van der Waals surface area contributed by atoms with E-state index in [2.05, 4.69) is 4.74 Å². The van der Waals surface area contributed by atoms with Crippen LogP contribution >= 0.6 is 0 Å². The zero-order chi connectivity index (χ0) is 19.6. The molecule has 0 amide bonds. The molecule has 0 aliphatic carbocycles. The number of quaternary nitrogens is 1. The average Bonchev–Trinajstić information content (AvgIpc) is 3.09. The van der Waals surface area contributed by atoms with E-state index in [1.165, 1.54) is 12.0 Å². The summed E-state index contributed by atoms with van der Waals surface area (Å²) < 4.78 is 37.6. The number of benzene rings is 1. The molecule has 0 spiro atoms.